The number of carbonyl (C=O) groups is 3. The Morgan fingerprint density at radius 1 is 0.310 bits per heavy atom. The number of amides is 3. The zero-order valence-corrected chi connectivity index (χ0v) is 55.6. The third-order valence-electron chi connectivity index (χ3n) is 17.7. The fourth-order valence-electron chi connectivity index (χ4n) is 12.5. The van der Waals surface area contributed by atoms with Gasteiger partial charge in [-0.1, -0.05) is 81.4 Å². The van der Waals surface area contributed by atoms with Crippen LogP contribution >= 0.6 is 0 Å². The molecular weight excluding hydrogens is 1240 g/mol. The van der Waals surface area contributed by atoms with Crippen LogP contribution in [0.1, 0.15) is 96.9 Å². The van der Waals surface area contributed by atoms with Gasteiger partial charge in [0.15, 0.2) is 0 Å². The smallest absolute Gasteiger partial charge is 0.255 e. The molecule has 0 saturated carbocycles. The van der Waals surface area contributed by atoms with Crippen molar-refractivity contribution in [2.75, 3.05) is 16.0 Å². The van der Waals surface area contributed by atoms with Gasteiger partial charge >= 0.3 is 0 Å². The topological polar surface area (TPSA) is 222 Å². The van der Waals surface area contributed by atoms with Crippen molar-refractivity contribution in [1.29, 1.82) is 0 Å². The van der Waals surface area contributed by atoms with Crippen LogP contribution in [-0.2, 0) is 5.41 Å². The van der Waals surface area contributed by atoms with Crippen LogP contribution in [0.5, 0.6) is 0 Å². The number of rotatable bonds is 13. The number of aromatic amines is 2. The molecule has 3 amide bonds. The molecule has 2 aliphatic heterocycles. The lowest BCUT2D eigenvalue weighted by atomic mass is 9.86. The zero-order chi connectivity index (χ0) is 68.6. The predicted molar refractivity (Wildman–Crippen MR) is 400 cm³/mol. The molecule has 4 aromatic carbocycles. The number of hydrogen-bond acceptors (Lipinski definition) is 11. The van der Waals surface area contributed by atoms with Gasteiger partial charge < -0.3 is 25.9 Å². The van der Waals surface area contributed by atoms with Gasteiger partial charge in [0.25, 0.3) is 17.7 Å². The zero-order valence-electron chi connectivity index (χ0n) is 55.6. The number of fused-ring (bicyclic) bond motifs is 8. The molecule has 0 unspecified atom stereocenters. The highest BCUT2D eigenvalue weighted by molar-refractivity contribution is 6.08. The van der Waals surface area contributed by atoms with Gasteiger partial charge in [-0.25, -0.2) is 9.97 Å². The normalized spacial score (nSPS) is 11.7. The molecule has 0 saturated heterocycles. The van der Waals surface area contributed by atoms with Crippen LogP contribution in [0, 0.1) is 20.8 Å². The van der Waals surface area contributed by atoms with E-state index in [0.717, 1.165) is 89.0 Å². The fourth-order valence-corrected chi connectivity index (χ4v) is 12.5. The molecule has 9 aromatic heterocycles. The standard InChI is InChI=1S/C84H65N13O3/c1-49-31-37-85-71(43-49)74-46-56(34-40-88-74)81(98)91-60-17-9-53(10-18-60)78-65-25-23-63(94-65)77(52-7-15-59(16-8-52)84(4,5)6)64-24-26-66(95-64)79(54-11-19-61(20-12-54)92-82(99)57-35-41-89-75(47-57)72-44-50(2)32-38-86-72)68-28-30-70(97-68)80(69-29-27-67(78)96-69)55-13-21-62(22-14-55)93-83(100)58-36-42-90-76(48-58)73-45-51(3)33-39-87-73/h7-48,94,97H,1-6H3,(H,91,98)(H,92,99)(H,93,100). The van der Waals surface area contributed by atoms with Crippen molar-refractivity contribution in [2.24, 2.45) is 0 Å². The summed E-state index contributed by atoms with van der Waals surface area (Å²) in [5.41, 5.74) is 23.9. The lowest BCUT2D eigenvalue weighted by Crippen LogP contribution is -2.12. The summed E-state index contributed by atoms with van der Waals surface area (Å²) in [6, 6.07) is 62.2. The summed E-state index contributed by atoms with van der Waals surface area (Å²) in [6.07, 6.45) is 18.2. The summed E-state index contributed by atoms with van der Waals surface area (Å²) in [4.78, 5) is 87.8. The van der Waals surface area contributed by atoms with Gasteiger partial charge in [0, 0.05) is 115 Å². The number of nitrogens with one attached hydrogen (secondary N) is 5. The molecule has 0 atom stereocenters. The number of pyridine rings is 6. The third-order valence-corrected chi connectivity index (χ3v) is 17.7. The highest BCUT2D eigenvalue weighted by Crippen LogP contribution is 2.40. The third kappa shape index (κ3) is 13.1. The first kappa shape index (κ1) is 62.9. The Hall–Kier alpha value is -13.2. The first-order valence-electron chi connectivity index (χ1n) is 32.8. The van der Waals surface area contributed by atoms with Crippen LogP contribution in [-0.4, -0.2) is 67.6 Å². The highest BCUT2D eigenvalue weighted by Gasteiger charge is 2.22. The van der Waals surface area contributed by atoms with Crippen molar-refractivity contribution in [3.8, 4) is 78.7 Å². The Morgan fingerprint density at radius 3 is 0.820 bits per heavy atom. The molecule has 5 N–H and O–H groups in total. The van der Waals surface area contributed by atoms with E-state index < -0.39 is 0 Å². The van der Waals surface area contributed by atoms with Crippen molar-refractivity contribution in [3.63, 3.8) is 0 Å². The summed E-state index contributed by atoms with van der Waals surface area (Å²) in [5, 5.41) is 9.31. The van der Waals surface area contributed by atoms with Crippen LogP contribution in [0.3, 0.4) is 0 Å². The monoisotopic (exact) mass is 1300 g/mol. The number of hydrogen-bond donors (Lipinski definition) is 5. The number of carbonyl (C=O) groups excluding carboxylic acids is 3. The number of aryl methyl sites for hydroxylation is 3. The largest absolute Gasteiger partial charge is 0.354 e. The molecule has 2 aliphatic rings. The van der Waals surface area contributed by atoms with E-state index in [1.807, 2.05) is 142 Å². The molecule has 484 valence electrons. The lowest BCUT2D eigenvalue weighted by molar-refractivity contribution is 0.101. The maximum Gasteiger partial charge on any atom is 0.255 e. The van der Waals surface area contributed by atoms with Gasteiger partial charge in [-0.2, -0.15) is 0 Å². The summed E-state index contributed by atoms with van der Waals surface area (Å²) in [5.74, 6) is -0.877. The number of benzene rings is 4. The minimum Gasteiger partial charge on any atom is -0.354 e. The van der Waals surface area contributed by atoms with Gasteiger partial charge in [0.1, 0.15) is 0 Å². The van der Waals surface area contributed by atoms with E-state index in [4.69, 9.17) is 9.97 Å². The lowest BCUT2D eigenvalue weighted by Gasteiger charge is -2.19. The average Bonchev–Trinajstić information content (AvgIpc) is 1.61. The molecule has 0 radical (unpaired) electrons. The van der Waals surface area contributed by atoms with Crippen molar-refractivity contribution < 1.29 is 14.4 Å². The molecule has 13 aromatic rings. The maximum atomic E-state index is 14.0. The predicted octanol–water partition coefficient (Wildman–Crippen LogP) is 18.7. The van der Waals surface area contributed by atoms with Crippen molar-refractivity contribution in [2.45, 2.75) is 47.0 Å². The molecular formula is C84H65N13O3. The van der Waals surface area contributed by atoms with Crippen molar-refractivity contribution in [3.05, 3.63) is 293 Å². The summed E-state index contributed by atoms with van der Waals surface area (Å²) < 4.78 is 0. The molecule has 16 nitrogen and oxygen atoms in total. The Kier molecular flexibility index (Phi) is 16.6. The number of aromatic nitrogens is 10. The first-order valence-corrected chi connectivity index (χ1v) is 32.8. The quantitative estimate of drug-likeness (QED) is 0.0730. The Balaban J connectivity index is 0.869. The maximum absolute atomic E-state index is 14.0. The van der Waals surface area contributed by atoms with Crippen LogP contribution < -0.4 is 16.0 Å². The minimum atomic E-state index is -0.298. The van der Waals surface area contributed by atoms with E-state index in [9.17, 15) is 14.4 Å². The SMILES string of the molecule is Cc1ccnc(-c2cc(C(=O)Nc3ccc(-c4c5nc(c(-c6ccc(NC(=O)c7ccnc(-c8cc(C)ccn8)c7)cc6)c6ccc([nH]6)c(-c6ccc(C(C)(C)C)cc6)c6nc(c(-c7ccc(NC(=O)c8ccnc(-c9cc(C)ccn9)c8)cc7)c7ccc4[nH]7)C=C6)C=C5)cc3)ccn2)c1. The molecule has 100 heavy (non-hydrogen) atoms. The molecule has 11 heterocycles. The van der Waals surface area contributed by atoms with Gasteiger partial charge in [-0.15, -0.1) is 0 Å². The number of anilines is 3. The van der Waals surface area contributed by atoms with E-state index in [1.54, 1.807) is 73.6 Å². The number of nitrogens with zero attached hydrogens (tertiary/aromatic N) is 8. The van der Waals surface area contributed by atoms with E-state index >= 15 is 0 Å². The molecule has 15 rings (SSSR count). The summed E-state index contributed by atoms with van der Waals surface area (Å²) in [6.45, 7) is 12.6. The molecule has 0 fully saturated rings. The molecule has 0 aliphatic carbocycles. The summed E-state index contributed by atoms with van der Waals surface area (Å²) in [7, 11) is 0. The highest BCUT2D eigenvalue weighted by atomic mass is 16.2. The van der Waals surface area contributed by atoms with Gasteiger partial charge in [0.05, 0.1) is 56.9 Å². The van der Waals surface area contributed by atoms with Crippen LogP contribution in [0.2, 0.25) is 0 Å². The second kappa shape index (κ2) is 26.4. The fraction of sp³-hybridized carbons (Fsp3) is 0.0833. The van der Waals surface area contributed by atoms with E-state index in [0.29, 0.717) is 85.0 Å². The summed E-state index contributed by atoms with van der Waals surface area (Å²) >= 11 is 0. The van der Waals surface area contributed by atoms with Crippen LogP contribution in [0.4, 0.5) is 17.1 Å². The number of H-pyrrole nitrogens is 2. The van der Waals surface area contributed by atoms with Crippen molar-refractivity contribution >= 4 is 81.2 Å². The Labute approximate surface area is 576 Å². The average molecular weight is 1300 g/mol. The van der Waals surface area contributed by atoms with E-state index in [2.05, 4.69) is 137 Å². The first-order chi connectivity index (χ1) is 48.6. The Morgan fingerprint density at radius 2 is 0.560 bits per heavy atom. The second-order valence-electron chi connectivity index (χ2n) is 25.9. The van der Waals surface area contributed by atoms with Gasteiger partial charge in [-0.3, -0.25) is 44.3 Å². The van der Waals surface area contributed by atoms with E-state index in [1.165, 1.54) is 5.56 Å². The van der Waals surface area contributed by atoms with Crippen LogP contribution in [0.25, 0.3) is 125 Å². The van der Waals surface area contributed by atoms with Crippen molar-refractivity contribution in [1.82, 2.24) is 49.8 Å². The van der Waals surface area contributed by atoms with E-state index in [-0.39, 0.29) is 23.1 Å². The molecule has 0 spiro atoms. The Bertz CT molecular complexity index is 5510. The van der Waals surface area contributed by atoms with Gasteiger partial charge in [0.2, 0.25) is 0 Å². The minimum absolute atomic E-state index is 0.0885. The second-order valence-corrected chi connectivity index (χ2v) is 25.9. The molecule has 8 bridgehead atoms. The molecule has 16 heteroatoms. The van der Waals surface area contributed by atoms with Crippen LogP contribution in [0.15, 0.2) is 231 Å². The van der Waals surface area contributed by atoms with Gasteiger partial charge in [-0.05, 0) is 228 Å².